The molecule has 100 valence electrons. The van der Waals surface area contributed by atoms with Gasteiger partial charge in [0, 0.05) is 19.1 Å². The summed E-state index contributed by atoms with van der Waals surface area (Å²) in [4.78, 5) is 0. The Hall–Kier alpha value is -0.860. The van der Waals surface area contributed by atoms with Gasteiger partial charge in [0.05, 0.1) is 0 Å². The summed E-state index contributed by atoms with van der Waals surface area (Å²) in [5, 5.41) is 7.00. The Morgan fingerprint density at radius 3 is 2.39 bits per heavy atom. The Bertz CT molecular complexity index is 339. The van der Waals surface area contributed by atoms with Crippen LogP contribution in [0.25, 0.3) is 0 Å². The van der Waals surface area contributed by atoms with Gasteiger partial charge in [-0.15, -0.1) is 0 Å². The van der Waals surface area contributed by atoms with Crippen LogP contribution in [0.5, 0.6) is 0 Å². The molecule has 1 aromatic carbocycles. The van der Waals surface area contributed by atoms with Crippen LogP contribution < -0.4 is 10.6 Å². The molecule has 0 aliphatic heterocycles. The van der Waals surface area contributed by atoms with Gasteiger partial charge in [0.2, 0.25) is 0 Å². The summed E-state index contributed by atoms with van der Waals surface area (Å²) in [7, 11) is 0. The van der Waals surface area contributed by atoms with Crippen LogP contribution in [0, 0.1) is 0 Å². The molecule has 2 heteroatoms. The summed E-state index contributed by atoms with van der Waals surface area (Å²) >= 11 is 0. The quantitative estimate of drug-likeness (QED) is 0.689. The van der Waals surface area contributed by atoms with Gasteiger partial charge in [-0.2, -0.15) is 0 Å². The van der Waals surface area contributed by atoms with E-state index < -0.39 is 0 Å². The van der Waals surface area contributed by atoms with Crippen LogP contribution in [0.3, 0.4) is 0 Å². The van der Waals surface area contributed by atoms with Crippen LogP contribution in [0.15, 0.2) is 24.3 Å². The second-order valence-corrected chi connectivity index (χ2v) is 5.62. The Labute approximate surface area is 111 Å². The first kappa shape index (κ1) is 13.6. The topological polar surface area (TPSA) is 24.1 Å². The third-order valence-corrected chi connectivity index (χ3v) is 3.55. The molecule has 2 N–H and O–H groups in total. The minimum atomic E-state index is 0.630. The first-order valence-electron chi connectivity index (χ1n) is 7.28. The van der Waals surface area contributed by atoms with E-state index in [9.17, 15) is 0 Å². The van der Waals surface area contributed by atoms with Crippen molar-refractivity contribution in [3.8, 4) is 0 Å². The normalized spacial score (nSPS) is 15.3. The fourth-order valence-corrected chi connectivity index (χ4v) is 2.08. The highest BCUT2D eigenvalue weighted by Gasteiger charge is 2.19. The van der Waals surface area contributed by atoms with Crippen LogP contribution in [0.4, 0.5) is 0 Å². The predicted octanol–water partition coefficient (Wildman–Crippen LogP) is 2.69. The largest absolute Gasteiger partial charge is 0.315 e. The van der Waals surface area contributed by atoms with E-state index in [2.05, 4.69) is 48.7 Å². The summed E-state index contributed by atoms with van der Waals surface area (Å²) in [5.74, 6) is 0.630. The highest BCUT2D eigenvalue weighted by atomic mass is 15.0. The molecule has 0 saturated heterocycles. The van der Waals surface area contributed by atoms with Crippen LogP contribution in [0.2, 0.25) is 0 Å². The maximum atomic E-state index is 3.51. The zero-order valence-corrected chi connectivity index (χ0v) is 11.7. The first-order chi connectivity index (χ1) is 8.75. The fourth-order valence-electron chi connectivity index (χ4n) is 2.08. The molecule has 0 radical (unpaired) electrons. The molecule has 2 nitrogen and oxygen atoms in total. The van der Waals surface area contributed by atoms with Crippen molar-refractivity contribution in [2.75, 3.05) is 19.6 Å². The molecule has 0 bridgehead atoms. The lowest BCUT2D eigenvalue weighted by Gasteiger charge is -2.08. The van der Waals surface area contributed by atoms with Crippen LogP contribution >= 0.6 is 0 Å². The van der Waals surface area contributed by atoms with Gasteiger partial charge in [-0.1, -0.05) is 38.1 Å². The minimum absolute atomic E-state index is 0.630. The van der Waals surface area contributed by atoms with E-state index in [1.54, 1.807) is 0 Å². The van der Waals surface area contributed by atoms with Gasteiger partial charge in [0.1, 0.15) is 0 Å². The Morgan fingerprint density at radius 2 is 1.78 bits per heavy atom. The molecule has 1 aliphatic rings. The van der Waals surface area contributed by atoms with Crippen molar-refractivity contribution >= 4 is 0 Å². The van der Waals surface area contributed by atoms with Crippen molar-refractivity contribution in [3.05, 3.63) is 35.4 Å². The lowest BCUT2D eigenvalue weighted by molar-refractivity contribution is 0.609. The van der Waals surface area contributed by atoms with E-state index in [0.29, 0.717) is 5.92 Å². The Kier molecular flexibility index (Phi) is 5.21. The molecule has 1 aromatic rings. The number of benzene rings is 1. The van der Waals surface area contributed by atoms with Crippen molar-refractivity contribution in [3.63, 3.8) is 0 Å². The zero-order chi connectivity index (χ0) is 12.8. The molecule has 0 atom stereocenters. The molecule has 1 saturated carbocycles. The molecule has 18 heavy (non-hydrogen) atoms. The standard InChI is InChI=1S/C16H26N2/c1-13(2)15-5-3-14(4-6-15)9-10-17-11-12-18-16-7-8-16/h3-6,13,16-18H,7-12H2,1-2H3. The van der Waals surface area contributed by atoms with Crippen molar-refractivity contribution in [2.24, 2.45) is 0 Å². The van der Waals surface area contributed by atoms with E-state index in [1.165, 1.54) is 24.0 Å². The van der Waals surface area contributed by atoms with E-state index in [4.69, 9.17) is 0 Å². The number of rotatable bonds is 8. The van der Waals surface area contributed by atoms with E-state index in [1.807, 2.05) is 0 Å². The van der Waals surface area contributed by atoms with Crippen molar-refractivity contribution < 1.29 is 0 Å². The summed E-state index contributed by atoms with van der Waals surface area (Å²) < 4.78 is 0. The fraction of sp³-hybridized carbons (Fsp3) is 0.625. The first-order valence-corrected chi connectivity index (χ1v) is 7.28. The zero-order valence-electron chi connectivity index (χ0n) is 11.7. The molecule has 0 unspecified atom stereocenters. The molecule has 0 spiro atoms. The third kappa shape index (κ3) is 4.79. The minimum Gasteiger partial charge on any atom is -0.315 e. The monoisotopic (exact) mass is 246 g/mol. The Morgan fingerprint density at radius 1 is 1.06 bits per heavy atom. The van der Waals surface area contributed by atoms with Crippen LogP contribution in [-0.4, -0.2) is 25.7 Å². The smallest absolute Gasteiger partial charge is 0.00793 e. The van der Waals surface area contributed by atoms with Gasteiger partial charge in [-0.3, -0.25) is 0 Å². The molecule has 2 rings (SSSR count). The van der Waals surface area contributed by atoms with Gasteiger partial charge >= 0.3 is 0 Å². The van der Waals surface area contributed by atoms with E-state index in [-0.39, 0.29) is 0 Å². The third-order valence-electron chi connectivity index (χ3n) is 3.55. The van der Waals surface area contributed by atoms with Gasteiger partial charge in [0.25, 0.3) is 0 Å². The summed E-state index contributed by atoms with van der Waals surface area (Å²) in [6.45, 7) is 7.75. The lowest BCUT2D eigenvalue weighted by Crippen LogP contribution is -2.29. The molecule has 0 aromatic heterocycles. The van der Waals surface area contributed by atoms with Crippen molar-refractivity contribution in [1.82, 2.24) is 10.6 Å². The Balaban J connectivity index is 1.57. The van der Waals surface area contributed by atoms with Crippen molar-refractivity contribution in [2.45, 2.75) is 45.1 Å². The van der Waals surface area contributed by atoms with Gasteiger partial charge < -0.3 is 10.6 Å². The summed E-state index contributed by atoms with van der Waals surface area (Å²) in [5.41, 5.74) is 2.86. The number of hydrogen-bond acceptors (Lipinski definition) is 2. The second kappa shape index (κ2) is 6.91. The van der Waals surface area contributed by atoms with Gasteiger partial charge in [-0.25, -0.2) is 0 Å². The highest BCUT2D eigenvalue weighted by Crippen LogP contribution is 2.17. The highest BCUT2D eigenvalue weighted by molar-refractivity contribution is 5.24. The predicted molar refractivity (Wildman–Crippen MR) is 78.1 cm³/mol. The van der Waals surface area contributed by atoms with Gasteiger partial charge in [0.15, 0.2) is 0 Å². The summed E-state index contributed by atoms with van der Waals surface area (Å²) in [6.07, 6.45) is 3.88. The molecule has 1 aliphatic carbocycles. The molecular weight excluding hydrogens is 220 g/mol. The van der Waals surface area contributed by atoms with Crippen LogP contribution in [0.1, 0.15) is 43.7 Å². The molecule has 1 fully saturated rings. The molecule has 0 heterocycles. The second-order valence-electron chi connectivity index (χ2n) is 5.62. The molecular formula is C16H26N2. The summed E-state index contributed by atoms with van der Waals surface area (Å²) in [6, 6.07) is 9.87. The SMILES string of the molecule is CC(C)c1ccc(CCNCCNC2CC2)cc1. The van der Waals surface area contributed by atoms with Crippen LogP contribution in [-0.2, 0) is 6.42 Å². The maximum Gasteiger partial charge on any atom is 0.00793 e. The maximum absolute atomic E-state index is 3.51. The van der Waals surface area contributed by atoms with Gasteiger partial charge in [-0.05, 0) is 42.9 Å². The van der Waals surface area contributed by atoms with E-state index in [0.717, 1.165) is 32.1 Å². The average Bonchev–Trinajstić information content (AvgIpc) is 3.18. The van der Waals surface area contributed by atoms with E-state index >= 15 is 0 Å². The molecule has 0 amide bonds. The number of nitrogens with one attached hydrogen (secondary N) is 2. The average molecular weight is 246 g/mol. The lowest BCUT2D eigenvalue weighted by atomic mass is 10.0. The number of hydrogen-bond donors (Lipinski definition) is 2. The van der Waals surface area contributed by atoms with Crippen molar-refractivity contribution in [1.29, 1.82) is 0 Å².